The summed E-state index contributed by atoms with van der Waals surface area (Å²) in [4.78, 5) is 32.6. The van der Waals surface area contributed by atoms with Gasteiger partial charge < -0.3 is 4.42 Å². The van der Waals surface area contributed by atoms with E-state index in [1.54, 1.807) is 12.3 Å². The van der Waals surface area contributed by atoms with Crippen LogP contribution < -0.4 is 10.3 Å². The summed E-state index contributed by atoms with van der Waals surface area (Å²) in [6, 6.07) is 13.9. The predicted molar refractivity (Wildman–Crippen MR) is 114 cm³/mol. The van der Waals surface area contributed by atoms with Crippen molar-refractivity contribution >= 4 is 38.6 Å². The number of hydrogen-bond donors (Lipinski definition) is 0. The number of carbonyl (C=O) groups is 1. The van der Waals surface area contributed by atoms with Crippen LogP contribution >= 0.6 is 15.9 Å². The molecule has 30 heavy (non-hydrogen) atoms. The summed E-state index contributed by atoms with van der Waals surface area (Å²) < 4.78 is 20.4. The maximum absolute atomic E-state index is 13.8. The summed E-state index contributed by atoms with van der Waals surface area (Å²) in [6.07, 6.45) is 1.66. The number of hydrogen-bond acceptors (Lipinski definition) is 4. The number of pyridine rings is 1. The molecule has 0 saturated carbocycles. The molecule has 0 radical (unpaired) electrons. The molecule has 0 spiro atoms. The molecular weight excluding hydrogens is 451 g/mol. The van der Waals surface area contributed by atoms with Crippen molar-refractivity contribution < 1.29 is 13.6 Å². The minimum Gasteiger partial charge on any atom is -0.450 e. The summed E-state index contributed by atoms with van der Waals surface area (Å²) in [5, 5.41) is 0.0975. The molecule has 1 atom stereocenters. The standard InChI is InChI=1S/C23H14BrFN2O3/c1-12-5-8-18(26-11-12)27-20(13-3-2-4-14(24)9-13)19-21(28)16-10-15(25)6-7-17(16)30-22(19)23(27)29/h2-11,20H,1H3. The van der Waals surface area contributed by atoms with Crippen LogP contribution in [0.1, 0.15) is 33.3 Å². The van der Waals surface area contributed by atoms with Crippen LogP contribution in [0.3, 0.4) is 0 Å². The lowest BCUT2D eigenvalue weighted by atomic mass is 9.98. The molecule has 1 amide bonds. The Morgan fingerprint density at radius 3 is 2.67 bits per heavy atom. The predicted octanol–water partition coefficient (Wildman–Crippen LogP) is 5.15. The number of rotatable bonds is 2. The van der Waals surface area contributed by atoms with E-state index in [9.17, 15) is 14.0 Å². The van der Waals surface area contributed by atoms with E-state index >= 15 is 0 Å². The minimum atomic E-state index is -0.746. The van der Waals surface area contributed by atoms with Crippen molar-refractivity contribution in [1.29, 1.82) is 0 Å². The summed E-state index contributed by atoms with van der Waals surface area (Å²) in [7, 11) is 0. The molecule has 4 aromatic rings. The highest BCUT2D eigenvalue weighted by atomic mass is 79.9. The second kappa shape index (κ2) is 6.88. The molecule has 2 aromatic carbocycles. The molecule has 1 aliphatic heterocycles. The third-order valence-electron chi connectivity index (χ3n) is 5.14. The molecule has 1 aliphatic rings. The first kappa shape index (κ1) is 18.7. The van der Waals surface area contributed by atoms with E-state index in [4.69, 9.17) is 4.42 Å². The van der Waals surface area contributed by atoms with Crippen LogP contribution in [0.2, 0.25) is 0 Å². The molecule has 0 bridgehead atoms. The van der Waals surface area contributed by atoms with Gasteiger partial charge in [0.25, 0.3) is 5.91 Å². The van der Waals surface area contributed by atoms with Gasteiger partial charge in [-0.05, 0) is 54.4 Å². The lowest BCUT2D eigenvalue weighted by Crippen LogP contribution is -2.30. The van der Waals surface area contributed by atoms with E-state index in [1.807, 2.05) is 37.3 Å². The monoisotopic (exact) mass is 464 g/mol. The number of aromatic nitrogens is 1. The Bertz CT molecular complexity index is 1380. The zero-order valence-electron chi connectivity index (χ0n) is 15.7. The largest absolute Gasteiger partial charge is 0.450 e. The molecule has 2 aromatic heterocycles. The molecule has 148 valence electrons. The summed E-state index contributed by atoms with van der Waals surface area (Å²) in [5.74, 6) is -0.659. The number of fused-ring (bicyclic) bond motifs is 2. The molecular formula is C23H14BrFN2O3. The summed E-state index contributed by atoms with van der Waals surface area (Å²) >= 11 is 3.45. The fourth-order valence-electron chi connectivity index (χ4n) is 3.78. The smallest absolute Gasteiger partial charge is 0.296 e. The van der Waals surface area contributed by atoms with Gasteiger partial charge >= 0.3 is 0 Å². The van der Waals surface area contributed by atoms with E-state index in [-0.39, 0.29) is 22.3 Å². The highest BCUT2D eigenvalue weighted by Crippen LogP contribution is 2.41. The number of nitrogens with zero attached hydrogens (tertiary/aromatic N) is 2. The molecule has 0 N–H and O–H groups in total. The number of anilines is 1. The molecule has 5 nitrogen and oxygen atoms in total. The van der Waals surface area contributed by atoms with Gasteiger partial charge in [0, 0.05) is 10.7 Å². The van der Waals surface area contributed by atoms with Gasteiger partial charge in [0.2, 0.25) is 5.76 Å². The number of halogens is 2. The fourth-order valence-corrected chi connectivity index (χ4v) is 4.19. The van der Waals surface area contributed by atoms with E-state index in [2.05, 4.69) is 20.9 Å². The Labute approximate surface area is 178 Å². The Kier molecular flexibility index (Phi) is 4.29. The molecule has 1 unspecified atom stereocenters. The van der Waals surface area contributed by atoms with Crippen molar-refractivity contribution in [1.82, 2.24) is 4.98 Å². The van der Waals surface area contributed by atoms with Gasteiger partial charge in [0.1, 0.15) is 17.2 Å². The van der Waals surface area contributed by atoms with Crippen molar-refractivity contribution in [3.63, 3.8) is 0 Å². The number of aryl methyl sites for hydroxylation is 1. The van der Waals surface area contributed by atoms with Crippen molar-refractivity contribution in [3.05, 3.63) is 104 Å². The van der Waals surface area contributed by atoms with Gasteiger partial charge in [-0.1, -0.05) is 34.1 Å². The highest BCUT2D eigenvalue weighted by molar-refractivity contribution is 9.10. The second-order valence-electron chi connectivity index (χ2n) is 7.14. The Hall–Kier alpha value is -3.32. The SMILES string of the molecule is Cc1ccc(N2C(=O)c3oc4ccc(F)cc4c(=O)c3C2c2cccc(Br)c2)nc1. The number of amides is 1. The molecule has 7 heteroatoms. The van der Waals surface area contributed by atoms with E-state index in [0.717, 1.165) is 16.1 Å². The molecule has 3 heterocycles. The van der Waals surface area contributed by atoms with Gasteiger partial charge in [0.05, 0.1) is 17.0 Å². The van der Waals surface area contributed by atoms with Crippen LogP contribution in [0.4, 0.5) is 10.2 Å². The molecule has 0 saturated heterocycles. The average molecular weight is 465 g/mol. The van der Waals surface area contributed by atoms with Crippen LogP contribution in [0.25, 0.3) is 11.0 Å². The van der Waals surface area contributed by atoms with Crippen LogP contribution in [0, 0.1) is 12.7 Å². The lowest BCUT2D eigenvalue weighted by molar-refractivity contribution is 0.0970. The number of carbonyl (C=O) groups excluding carboxylic acids is 1. The van der Waals surface area contributed by atoms with Crippen LogP contribution in [0.5, 0.6) is 0 Å². The van der Waals surface area contributed by atoms with E-state index < -0.39 is 23.2 Å². The van der Waals surface area contributed by atoms with Crippen LogP contribution in [-0.4, -0.2) is 10.9 Å². The Morgan fingerprint density at radius 2 is 1.93 bits per heavy atom. The quantitative estimate of drug-likeness (QED) is 0.411. The molecule has 5 rings (SSSR count). The maximum atomic E-state index is 13.8. The van der Waals surface area contributed by atoms with Gasteiger partial charge in [-0.2, -0.15) is 0 Å². The Balaban J connectivity index is 1.83. The average Bonchev–Trinajstić information content (AvgIpc) is 3.02. The van der Waals surface area contributed by atoms with Crippen molar-refractivity contribution in [3.8, 4) is 0 Å². The second-order valence-corrected chi connectivity index (χ2v) is 8.06. The summed E-state index contributed by atoms with van der Waals surface area (Å²) in [6.45, 7) is 1.90. The minimum absolute atomic E-state index is 0.0496. The maximum Gasteiger partial charge on any atom is 0.296 e. The third-order valence-corrected chi connectivity index (χ3v) is 5.63. The first-order valence-electron chi connectivity index (χ1n) is 9.22. The molecule has 0 aliphatic carbocycles. The van der Waals surface area contributed by atoms with Crippen LogP contribution in [0.15, 0.2) is 74.5 Å². The van der Waals surface area contributed by atoms with Gasteiger partial charge in [0.15, 0.2) is 5.43 Å². The van der Waals surface area contributed by atoms with Gasteiger partial charge in [-0.25, -0.2) is 9.37 Å². The fraction of sp³-hybridized carbons (Fsp3) is 0.0870. The first-order valence-corrected chi connectivity index (χ1v) is 10.0. The highest BCUT2D eigenvalue weighted by Gasteiger charge is 2.44. The lowest BCUT2D eigenvalue weighted by Gasteiger charge is -2.24. The normalized spacial score (nSPS) is 15.6. The van der Waals surface area contributed by atoms with Crippen LogP contribution in [-0.2, 0) is 0 Å². The van der Waals surface area contributed by atoms with E-state index in [1.165, 1.54) is 17.0 Å². The summed E-state index contributed by atoms with van der Waals surface area (Å²) in [5.41, 5.74) is 1.57. The van der Waals surface area contributed by atoms with E-state index in [0.29, 0.717) is 11.4 Å². The molecule has 0 fully saturated rings. The topological polar surface area (TPSA) is 63.4 Å². The van der Waals surface area contributed by atoms with Gasteiger partial charge in [-0.3, -0.25) is 14.5 Å². The Morgan fingerprint density at radius 1 is 1.10 bits per heavy atom. The third kappa shape index (κ3) is 2.85. The van der Waals surface area contributed by atoms with Crippen molar-refractivity contribution in [2.24, 2.45) is 0 Å². The van der Waals surface area contributed by atoms with Gasteiger partial charge in [-0.15, -0.1) is 0 Å². The zero-order valence-corrected chi connectivity index (χ0v) is 17.3. The zero-order chi connectivity index (χ0) is 21.0. The number of benzene rings is 2. The first-order chi connectivity index (χ1) is 14.4. The van der Waals surface area contributed by atoms with Crippen molar-refractivity contribution in [2.45, 2.75) is 13.0 Å². The van der Waals surface area contributed by atoms with Crippen molar-refractivity contribution in [2.75, 3.05) is 4.90 Å².